The fourth-order valence-electron chi connectivity index (χ4n) is 2.46. The van der Waals surface area contributed by atoms with Crippen molar-refractivity contribution in [2.75, 3.05) is 19.7 Å². The highest BCUT2D eigenvalue weighted by atomic mass is 35.5. The molecule has 6 nitrogen and oxygen atoms in total. The van der Waals surface area contributed by atoms with Crippen molar-refractivity contribution in [3.63, 3.8) is 0 Å². The van der Waals surface area contributed by atoms with E-state index in [-0.39, 0.29) is 17.7 Å². The summed E-state index contributed by atoms with van der Waals surface area (Å²) in [6, 6.07) is 2.71. The van der Waals surface area contributed by atoms with Crippen molar-refractivity contribution in [3.8, 4) is 0 Å². The first kappa shape index (κ1) is 16.6. The van der Waals surface area contributed by atoms with E-state index in [1.807, 2.05) is 0 Å². The number of rotatable bonds is 4. The summed E-state index contributed by atoms with van der Waals surface area (Å²) < 4.78 is 24.4. The predicted octanol–water partition coefficient (Wildman–Crippen LogP) is 2.55. The molecule has 1 atom stereocenters. The number of aromatic nitrogens is 2. The van der Waals surface area contributed by atoms with E-state index in [0.29, 0.717) is 48.5 Å². The largest absolute Gasteiger partial charge is 0.371 e. The van der Waals surface area contributed by atoms with E-state index < -0.39 is 5.82 Å². The Morgan fingerprint density at radius 1 is 1.35 bits per heavy atom. The molecule has 1 unspecified atom stereocenters. The van der Waals surface area contributed by atoms with Crippen LogP contribution >= 0.6 is 23.2 Å². The number of ether oxygens (including phenoxy) is 1. The summed E-state index contributed by atoms with van der Waals surface area (Å²) in [5, 5.41) is 4.25. The minimum atomic E-state index is -0.516. The minimum absolute atomic E-state index is 0.00692. The molecule has 0 aliphatic carbocycles. The Hall–Kier alpha value is -1.25. The molecule has 1 fully saturated rings. The lowest BCUT2D eigenvalue weighted by atomic mass is 10.1. The van der Waals surface area contributed by atoms with Crippen LogP contribution in [-0.2, 0) is 17.8 Å². The van der Waals surface area contributed by atoms with E-state index in [1.165, 1.54) is 12.1 Å². The molecule has 1 aliphatic rings. The predicted molar refractivity (Wildman–Crippen MR) is 82.6 cm³/mol. The average Bonchev–Trinajstić information content (AvgIpc) is 2.99. The second-order valence-corrected chi connectivity index (χ2v) is 6.01. The Bertz CT molecular complexity index is 697. The Balaban J connectivity index is 1.72. The van der Waals surface area contributed by atoms with Crippen LogP contribution in [0.5, 0.6) is 0 Å². The monoisotopic (exact) mass is 360 g/mol. The van der Waals surface area contributed by atoms with Crippen LogP contribution in [0, 0.1) is 5.82 Å². The van der Waals surface area contributed by atoms with E-state index in [2.05, 4.69) is 15.0 Å². The molecule has 1 aliphatic heterocycles. The standard InChI is InChI=1S/C14H15Cl2FN4O2/c15-9-4-10(16)11(17)3-8(9)12-6-21(1-2-22-12)7-13-19-14(5-18)23-20-13/h3-4,12H,1-2,5-7,18H2. The van der Waals surface area contributed by atoms with Gasteiger partial charge in [-0.2, -0.15) is 4.98 Å². The van der Waals surface area contributed by atoms with Crippen molar-refractivity contribution < 1.29 is 13.7 Å². The lowest BCUT2D eigenvalue weighted by Crippen LogP contribution is -2.38. The maximum Gasteiger partial charge on any atom is 0.240 e. The highest BCUT2D eigenvalue weighted by Crippen LogP contribution is 2.32. The van der Waals surface area contributed by atoms with E-state index in [9.17, 15) is 4.39 Å². The molecule has 0 bridgehead atoms. The van der Waals surface area contributed by atoms with Gasteiger partial charge in [0.05, 0.1) is 30.8 Å². The summed E-state index contributed by atoms with van der Waals surface area (Å²) in [6.45, 7) is 2.44. The van der Waals surface area contributed by atoms with Gasteiger partial charge in [0, 0.05) is 23.7 Å². The molecule has 1 aromatic heterocycles. The van der Waals surface area contributed by atoms with Gasteiger partial charge in [0.2, 0.25) is 5.89 Å². The maximum absolute atomic E-state index is 13.7. The van der Waals surface area contributed by atoms with Gasteiger partial charge >= 0.3 is 0 Å². The third kappa shape index (κ3) is 3.81. The van der Waals surface area contributed by atoms with Crippen molar-refractivity contribution in [1.29, 1.82) is 0 Å². The fourth-order valence-corrected chi connectivity index (χ4v) is 2.96. The Morgan fingerprint density at radius 2 is 2.17 bits per heavy atom. The molecule has 2 N–H and O–H groups in total. The van der Waals surface area contributed by atoms with Gasteiger partial charge in [0.15, 0.2) is 5.82 Å². The van der Waals surface area contributed by atoms with Crippen molar-refractivity contribution in [2.45, 2.75) is 19.2 Å². The summed E-state index contributed by atoms with van der Waals surface area (Å²) >= 11 is 11.9. The highest BCUT2D eigenvalue weighted by Gasteiger charge is 2.26. The van der Waals surface area contributed by atoms with E-state index in [4.69, 9.17) is 38.2 Å². The van der Waals surface area contributed by atoms with Crippen LogP contribution in [0.3, 0.4) is 0 Å². The Kier molecular flexibility index (Phi) is 5.13. The van der Waals surface area contributed by atoms with Gasteiger partial charge in [0.1, 0.15) is 5.82 Å². The zero-order valence-corrected chi connectivity index (χ0v) is 13.6. The molecule has 9 heteroatoms. The molecular weight excluding hydrogens is 346 g/mol. The van der Waals surface area contributed by atoms with Gasteiger partial charge in [-0.3, -0.25) is 4.90 Å². The maximum atomic E-state index is 13.7. The fraction of sp³-hybridized carbons (Fsp3) is 0.429. The zero-order valence-electron chi connectivity index (χ0n) is 12.1. The summed E-state index contributed by atoms with van der Waals surface area (Å²) in [6.07, 6.45) is -0.344. The topological polar surface area (TPSA) is 77.4 Å². The molecule has 1 aromatic carbocycles. The molecule has 2 heterocycles. The van der Waals surface area contributed by atoms with Crippen LogP contribution in [0.4, 0.5) is 4.39 Å². The molecule has 3 rings (SSSR count). The van der Waals surface area contributed by atoms with Gasteiger partial charge in [0.25, 0.3) is 0 Å². The number of halogens is 3. The van der Waals surface area contributed by atoms with E-state index in [1.54, 1.807) is 0 Å². The van der Waals surface area contributed by atoms with Crippen LogP contribution in [0.25, 0.3) is 0 Å². The average molecular weight is 361 g/mol. The van der Waals surface area contributed by atoms with Crippen LogP contribution in [0.2, 0.25) is 10.0 Å². The highest BCUT2D eigenvalue weighted by molar-refractivity contribution is 6.35. The number of benzene rings is 1. The van der Waals surface area contributed by atoms with Gasteiger partial charge < -0.3 is 15.0 Å². The molecule has 1 saturated heterocycles. The molecule has 124 valence electrons. The second kappa shape index (κ2) is 7.11. The molecule has 0 amide bonds. The van der Waals surface area contributed by atoms with Gasteiger partial charge in [-0.15, -0.1) is 0 Å². The van der Waals surface area contributed by atoms with Crippen LogP contribution < -0.4 is 5.73 Å². The molecular formula is C14H15Cl2FN4O2. The number of morpholine rings is 1. The zero-order chi connectivity index (χ0) is 16.4. The quantitative estimate of drug-likeness (QED) is 0.844. The normalized spacial score (nSPS) is 19.2. The van der Waals surface area contributed by atoms with E-state index >= 15 is 0 Å². The molecule has 0 saturated carbocycles. The number of hydrogen-bond donors (Lipinski definition) is 1. The first-order valence-corrected chi connectivity index (χ1v) is 7.82. The summed E-state index contributed by atoms with van der Waals surface area (Å²) in [7, 11) is 0. The molecule has 0 radical (unpaired) electrons. The number of nitrogens with zero attached hydrogens (tertiary/aromatic N) is 3. The third-order valence-corrected chi connectivity index (χ3v) is 4.20. The minimum Gasteiger partial charge on any atom is -0.371 e. The smallest absolute Gasteiger partial charge is 0.240 e. The molecule has 0 spiro atoms. The first-order valence-electron chi connectivity index (χ1n) is 7.06. The van der Waals surface area contributed by atoms with Crippen LogP contribution in [0.1, 0.15) is 23.4 Å². The Labute approximate surface area is 142 Å². The van der Waals surface area contributed by atoms with E-state index in [0.717, 1.165) is 0 Å². The van der Waals surface area contributed by atoms with Crippen molar-refractivity contribution >= 4 is 23.2 Å². The van der Waals surface area contributed by atoms with Crippen LogP contribution in [-0.4, -0.2) is 34.7 Å². The van der Waals surface area contributed by atoms with Crippen molar-refractivity contribution in [1.82, 2.24) is 15.0 Å². The number of hydrogen-bond acceptors (Lipinski definition) is 6. The molecule has 2 aromatic rings. The first-order chi connectivity index (χ1) is 11.1. The Morgan fingerprint density at radius 3 is 2.91 bits per heavy atom. The van der Waals surface area contributed by atoms with Gasteiger partial charge in [-0.05, 0) is 12.1 Å². The lowest BCUT2D eigenvalue weighted by Gasteiger charge is -2.32. The van der Waals surface area contributed by atoms with Gasteiger partial charge in [-0.1, -0.05) is 28.4 Å². The lowest BCUT2D eigenvalue weighted by molar-refractivity contribution is -0.0339. The number of nitrogens with two attached hydrogens (primary N) is 1. The van der Waals surface area contributed by atoms with Crippen molar-refractivity contribution in [2.24, 2.45) is 5.73 Å². The van der Waals surface area contributed by atoms with Crippen LogP contribution in [0.15, 0.2) is 16.7 Å². The summed E-state index contributed by atoms with van der Waals surface area (Å²) in [4.78, 5) is 6.26. The summed E-state index contributed by atoms with van der Waals surface area (Å²) in [5.41, 5.74) is 6.02. The SMILES string of the molecule is NCc1nc(CN2CCOC(c3cc(F)c(Cl)cc3Cl)C2)no1. The summed E-state index contributed by atoms with van der Waals surface area (Å²) in [5.74, 6) is 0.435. The third-order valence-electron chi connectivity index (χ3n) is 3.59. The second-order valence-electron chi connectivity index (χ2n) is 5.19. The molecule has 23 heavy (non-hydrogen) atoms. The van der Waals surface area contributed by atoms with Crippen molar-refractivity contribution in [3.05, 3.63) is 45.3 Å². The van der Waals surface area contributed by atoms with Gasteiger partial charge in [-0.25, -0.2) is 4.39 Å².